The second kappa shape index (κ2) is 4.83. The van der Waals surface area contributed by atoms with Gasteiger partial charge in [0.25, 0.3) is 0 Å². The van der Waals surface area contributed by atoms with Crippen LogP contribution in [0.4, 0.5) is 18.9 Å². The Hall–Kier alpha value is -2.58. The lowest BCUT2D eigenvalue weighted by Gasteiger charge is -2.06. The number of ether oxygens (including phenoxy) is 1. The molecule has 2 aromatic rings. The molecule has 20 heavy (non-hydrogen) atoms. The number of nitrogen functional groups attached to an aromatic ring is 1. The normalized spacial score (nSPS) is 11.4. The third-order valence-corrected chi connectivity index (χ3v) is 2.43. The van der Waals surface area contributed by atoms with E-state index in [4.69, 9.17) is 5.73 Å². The monoisotopic (exact) mass is 286 g/mol. The molecule has 0 aliphatic rings. The first-order valence-electron chi connectivity index (χ1n) is 5.30. The minimum Gasteiger partial charge on any atom is -0.464 e. The molecule has 2 rings (SSSR count). The molecular formula is C11H9F3N4O2. The van der Waals surface area contributed by atoms with Crippen molar-refractivity contribution in [3.05, 3.63) is 35.8 Å². The topological polar surface area (TPSA) is 83.0 Å². The van der Waals surface area contributed by atoms with Crippen LogP contribution in [0.25, 0.3) is 5.82 Å². The predicted octanol–water partition coefficient (Wildman–Crippen LogP) is 1.65. The molecule has 0 bridgehead atoms. The molecule has 6 nitrogen and oxygen atoms in total. The number of pyridine rings is 1. The molecule has 2 N–H and O–H groups in total. The lowest BCUT2D eigenvalue weighted by Crippen LogP contribution is -2.08. The van der Waals surface area contributed by atoms with Gasteiger partial charge in [0, 0.05) is 6.20 Å². The molecule has 0 aliphatic heterocycles. The van der Waals surface area contributed by atoms with Gasteiger partial charge in [-0.05, 0) is 12.1 Å². The van der Waals surface area contributed by atoms with E-state index in [2.05, 4.69) is 14.8 Å². The number of carbonyl (C=O) groups excluding carboxylic acids is 1. The number of hydrogen-bond acceptors (Lipinski definition) is 5. The molecule has 0 saturated carbocycles. The van der Waals surface area contributed by atoms with Crippen molar-refractivity contribution in [3.63, 3.8) is 0 Å². The maximum Gasteiger partial charge on any atom is 0.417 e. The molecule has 0 aromatic carbocycles. The van der Waals surface area contributed by atoms with Crippen molar-refractivity contribution in [3.8, 4) is 5.82 Å². The number of rotatable bonds is 2. The smallest absolute Gasteiger partial charge is 0.417 e. The molecule has 0 fully saturated rings. The highest BCUT2D eigenvalue weighted by atomic mass is 19.4. The van der Waals surface area contributed by atoms with Gasteiger partial charge < -0.3 is 10.5 Å². The third kappa shape index (κ3) is 2.56. The van der Waals surface area contributed by atoms with Crippen molar-refractivity contribution in [1.29, 1.82) is 0 Å². The number of aromatic nitrogens is 3. The van der Waals surface area contributed by atoms with Gasteiger partial charge in [-0.2, -0.15) is 18.3 Å². The highest BCUT2D eigenvalue weighted by molar-refractivity contribution is 5.92. The molecule has 0 radical (unpaired) electrons. The van der Waals surface area contributed by atoms with E-state index in [9.17, 15) is 18.0 Å². The van der Waals surface area contributed by atoms with Crippen LogP contribution < -0.4 is 5.73 Å². The number of hydrogen-bond donors (Lipinski definition) is 1. The van der Waals surface area contributed by atoms with Crippen LogP contribution in [0.5, 0.6) is 0 Å². The lowest BCUT2D eigenvalue weighted by molar-refractivity contribution is -0.137. The van der Waals surface area contributed by atoms with Gasteiger partial charge in [-0.25, -0.2) is 14.5 Å². The van der Waals surface area contributed by atoms with E-state index in [1.165, 1.54) is 6.20 Å². The van der Waals surface area contributed by atoms with Crippen molar-refractivity contribution in [2.24, 2.45) is 0 Å². The summed E-state index contributed by atoms with van der Waals surface area (Å²) in [6.45, 7) is 0. The van der Waals surface area contributed by atoms with Crippen LogP contribution in [-0.4, -0.2) is 27.8 Å². The van der Waals surface area contributed by atoms with Crippen molar-refractivity contribution in [2.75, 3.05) is 12.8 Å². The molecule has 0 aliphatic carbocycles. The summed E-state index contributed by atoms with van der Waals surface area (Å²) in [5.74, 6) is -0.645. The zero-order chi connectivity index (χ0) is 14.9. The largest absolute Gasteiger partial charge is 0.464 e. The molecular weight excluding hydrogens is 277 g/mol. The van der Waals surface area contributed by atoms with Gasteiger partial charge in [0.15, 0.2) is 11.5 Å². The fraction of sp³-hybridized carbons (Fsp3) is 0.182. The van der Waals surface area contributed by atoms with E-state index in [0.29, 0.717) is 6.20 Å². The summed E-state index contributed by atoms with van der Waals surface area (Å²) in [4.78, 5) is 14.9. The second-order valence-electron chi connectivity index (χ2n) is 3.77. The number of nitrogens with zero attached hydrogens (tertiary/aromatic N) is 3. The molecule has 9 heteroatoms. The summed E-state index contributed by atoms with van der Waals surface area (Å²) in [5.41, 5.74) is 4.59. The Balaban J connectivity index is 2.35. The number of carbonyl (C=O) groups is 1. The summed E-state index contributed by atoms with van der Waals surface area (Å²) in [6.07, 6.45) is -2.53. The van der Waals surface area contributed by atoms with E-state index in [1.807, 2.05) is 0 Å². The standard InChI is InChI=1S/C11H9F3N4O2/c1-20-10(19)9-7(15)5-18(17-9)8-3-2-6(4-16-8)11(12,13)14/h2-5H,15H2,1H3. The fourth-order valence-electron chi connectivity index (χ4n) is 1.45. The van der Waals surface area contributed by atoms with Crippen molar-refractivity contribution in [1.82, 2.24) is 14.8 Å². The number of alkyl halides is 3. The van der Waals surface area contributed by atoms with Crippen LogP contribution in [0.15, 0.2) is 24.5 Å². The average molecular weight is 286 g/mol. The minimum atomic E-state index is -4.47. The molecule has 2 heterocycles. The number of halogens is 3. The van der Waals surface area contributed by atoms with Gasteiger partial charge in [-0.15, -0.1) is 0 Å². The van der Waals surface area contributed by atoms with E-state index in [-0.39, 0.29) is 17.2 Å². The highest BCUT2D eigenvalue weighted by Crippen LogP contribution is 2.28. The molecule has 2 aromatic heterocycles. The molecule has 0 atom stereocenters. The fourth-order valence-corrected chi connectivity index (χ4v) is 1.45. The number of esters is 1. The maximum absolute atomic E-state index is 12.4. The van der Waals surface area contributed by atoms with Crippen LogP contribution in [0, 0.1) is 0 Å². The van der Waals surface area contributed by atoms with Crippen LogP contribution in [-0.2, 0) is 10.9 Å². The van der Waals surface area contributed by atoms with Crippen LogP contribution in [0.1, 0.15) is 16.1 Å². The van der Waals surface area contributed by atoms with E-state index in [1.54, 1.807) is 0 Å². The Morgan fingerprint density at radius 2 is 2.10 bits per heavy atom. The first kappa shape index (κ1) is 13.8. The van der Waals surface area contributed by atoms with Gasteiger partial charge in [0.1, 0.15) is 0 Å². The SMILES string of the molecule is COC(=O)c1nn(-c2ccc(C(F)(F)F)cn2)cc1N. The average Bonchev–Trinajstić information content (AvgIpc) is 2.79. The zero-order valence-corrected chi connectivity index (χ0v) is 10.2. The quantitative estimate of drug-likeness (QED) is 0.849. The number of nitrogens with two attached hydrogens (primary N) is 1. The van der Waals surface area contributed by atoms with Crippen LogP contribution in [0.3, 0.4) is 0 Å². The van der Waals surface area contributed by atoms with Gasteiger partial charge in [-0.1, -0.05) is 0 Å². The number of methoxy groups -OCH3 is 1. The first-order chi connectivity index (χ1) is 9.32. The Morgan fingerprint density at radius 3 is 2.60 bits per heavy atom. The molecule has 0 saturated heterocycles. The predicted molar refractivity (Wildman–Crippen MR) is 62.1 cm³/mol. The molecule has 0 unspecified atom stereocenters. The zero-order valence-electron chi connectivity index (χ0n) is 10.2. The van der Waals surface area contributed by atoms with E-state index < -0.39 is 17.7 Å². The van der Waals surface area contributed by atoms with Crippen molar-refractivity contribution >= 4 is 11.7 Å². The van der Waals surface area contributed by atoms with Gasteiger partial charge in [-0.3, -0.25) is 0 Å². The Labute approximate surface area is 111 Å². The van der Waals surface area contributed by atoms with E-state index >= 15 is 0 Å². The number of anilines is 1. The summed E-state index contributed by atoms with van der Waals surface area (Å²) < 4.78 is 42.8. The Morgan fingerprint density at radius 1 is 1.40 bits per heavy atom. The molecule has 0 spiro atoms. The Kier molecular flexibility index (Phi) is 3.35. The third-order valence-electron chi connectivity index (χ3n) is 2.43. The Bertz CT molecular complexity index is 634. The van der Waals surface area contributed by atoms with Crippen molar-refractivity contribution in [2.45, 2.75) is 6.18 Å². The van der Waals surface area contributed by atoms with Crippen LogP contribution in [0.2, 0.25) is 0 Å². The van der Waals surface area contributed by atoms with E-state index in [0.717, 1.165) is 23.9 Å². The summed E-state index contributed by atoms with van der Waals surface area (Å²) in [6, 6.07) is 1.98. The highest BCUT2D eigenvalue weighted by Gasteiger charge is 2.30. The molecule has 0 amide bonds. The lowest BCUT2D eigenvalue weighted by atomic mass is 10.3. The minimum absolute atomic E-state index is 0.0403. The van der Waals surface area contributed by atoms with Gasteiger partial charge >= 0.3 is 12.1 Å². The van der Waals surface area contributed by atoms with Crippen LogP contribution >= 0.6 is 0 Å². The summed E-state index contributed by atoms with van der Waals surface area (Å²) in [5, 5.41) is 3.82. The second-order valence-corrected chi connectivity index (χ2v) is 3.77. The summed E-state index contributed by atoms with van der Waals surface area (Å²) in [7, 11) is 1.16. The maximum atomic E-state index is 12.4. The summed E-state index contributed by atoms with van der Waals surface area (Å²) >= 11 is 0. The van der Waals surface area contributed by atoms with Gasteiger partial charge in [0.2, 0.25) is 0 Å². The van der Waals surface area contributed by atoms with Crippen molar-refractivity contribution < 1.29 is 22.7 Å². The molecule has 106 valence electrons. The first-order valence-corrected chi connectivity index (χ1v) is 5.30. The van der Waals surface area contributed by atoms with Gasteiger partial charge in [0.05, 0.1) is 24.6 Å².